The zero-order chi connectivity index (χ0) is 22.0. The number of methoxy groups -OCH3 is 1. The molecule has 3 aromatic rings. The molecule has 1 aliphatic rings. The van der Waals surface area contributed by atoms with Gasteiger partial charge in [-0.3, -0.25) is 4.79 Å². The Hall–Kier alpha value is -3.07. The fourth-order valence-electron chi connectivity index (χ4n) is 2.87. The van der Waals surface area contributed by atoms with E-state index in [0.717, 1.165) is 30.5 Å². The van der Waals surface area contributed by atoms with Gasteiger partial charge in [0.15, 0.2) is 11.5 Å². The summed E-state index contributed by atoms with van der Waals surface area (Å²) in [4.78, 5) is 16.5. The number of nitrogens with one attached hydrogen (secondary N) is 1. The van der Waals surface area contributed by atoms with Crippen LogP contribution in [0.1, 0.15) is 34.5 Å². The molecule has 1 N–H and O–H groups in total. The predicted octanol–water partition coefficient (Wildman–Crippen LogP) is 5.31. The van der Waals surface area contributed by atoms with Crippen LogP contribution in [-0.4, -0.2) is 24.0 Å². The van der Waals surface area contributed by atoms with Crippen molar-refractivity contribution in [3.05, 3.63) is 64.7 Å². The van der Waals surface area contributed by atoms with Gasteiger partial charge in [-0.1, -0.05) is 12.1 Å². The molecule has 0 spiro atoms. The van der Waals surface area contributed by atoms with Crippen molar-refractivity contribution in [2.75, 3.05) is 7.11 Å². The summed E-state index contributed by atoms with van der Waals surface area (Å²) in [5.41, 5.74) is 1.06. The predicted molar refractivity (Wildman–Crippen MR) is 110 cm³/mol. The summed E-state index contributed by atoms with van der Waals surface area (Å²) in [5, 5.41) is 5.30. The number of rotatable bonds is 7. The van der Waals surface area contributed by atoms with Crippen molar-refractivity contribution in [2.45, 2.75) is 31.7 Å². The van der Waals surface area contributed by atoms with E-state index in [2.05, 4.69) is 10.3 Å². The number of nitrogens with zero attached hydrogens (tertiary/aromatic N) is 1. The Morgan fingerprint density at radius 3 is 2.55 bits per heavy atom. The summed E-state index contributed by atoms with van der Waals surface area (Å²) in [6.07, 6.45) is -2.35. The van der Waals surface area contributed by atoms with Gasteiger partial charge in [0.2, 0.25) is 0 Å². The topological polar surface area (TPSA) is 60.5 Å². The lowest BCUT2D eigenvalue weighted by molar-refractivity contribution is -0.137. The van der Waals surface area contributed by atoms with Gasteiger partial charge in [0.25, 0.3) is 5.91 Å². The molecule has 1 fully saturated rings. The van der Waals surface area contributed by atoms with E-state index in [-0.39, 0.29) is 18.6 Å². The van der Waals surface area contributed by atoms with Crippen molar-refractivity contribution in [1.29, 1.82) is 0 Å². The number of hydrogen-bond donors (Lipinski definition) is 1. The molecule has 2 aromatic carbocycles. The smallest absolute Gasteiger partial charge is 0.416 e. The molecule has 1 saturated carbocycles. The summed E-state index contributed by atoms with van der Waals surface area (Å²) in [6, 6.07) is 10.3. The Balaban J connectivity index is 1.44. The minimum Gasteiger partial charge on any atom is -0.493 e. The SMILES string of the molecule is COc1cc(-c2nc(C(=O)NC3CC3)cs2)ccc1OCc1ccc(C(F)(F)F)cc1. The maximum atomic E-state index is 12.7. The van der Waals surface area contributed by atoms with Crippen LogP contribution in [0, 0.1) is 0 Å². The van der Waals surface area contributed by atoms with Gasteiger partial charge in [0.05, 0.1) is 12.7 Å². The lowest BCUT2D eigenvalue weighted by Gasteiger charge is -2.12. The maximum Gasteiger partial charge on any atom is 0.416 e. The second-order valence-electron chi connectivity index (χ2n) is 7.13. The van der Waals surface area contributed by atoms with Gasteiger partial charge in [0.1, 0.15) is 17.3 Å². The van der Waals surface area contributed by atoms with Crippen molar-refractivity contribution in [2.24, 2.45) is 0 Å². The van der Waals surface area contributed by atoms with Crippen molar-refractivity contribution < 1.29 is 27.4 Å². The van der Waals surface area contributed by atoms with Crippen molar-refractivity contribution in [1.82, 2.24) is 10.3 Å². The third-order valence-electron chi connectivity index (χ3n) is 4.74. The van der Waals surface area contributed by atoms with Crippen molar-refractivity contribution >= 4 is 17.2 Å². The third kappa shape index (κ3) is 5.16. The fourth-order valence-corrected chi connectivity index (χ4v) is 3.67. The van der Waals surface area contributed by atoms with Crippen LogP contribution in [0.4, 0.5) is 13.2 Å². The molecule has 1 aromatic heterocycles. The Morgan fingerprint density at radius 1 is 1.16 bits per heavy atom. The number of aromatic nitrogens is 1. The molecule has 0 aliphatic heterocycles. The van der Waals surface area contributed by atoms with E-state index >= 15 is 0 Å². The molecular formula is C22H19F3N2O3S. The monoisotopic (exact) mass is 448 g/mol. The molecule has 0 saturated heterocycles. The Bertz CT molecular complexity index is 1080. The number of benzene rings is 2. The summed E-state index contributed by atoms with van der Waals surface area (Å²) in [5.74, 6) is 0.742. The summed E-state index contributed by atoms with van der Waals surface area (Å²) in [6.45, 7) is 0.0938. The first-order valence-corrected chi connectivity index (χ1v) is 10.4. The van der Waals surface area contributed by atoms with Crippen molar-refractivity contribution in [3.63, 3.8) is 0 Å². The van der Waals surface area contributed by atoms with Gasteiger partial charge in [0, 0.05) is 17.0 Å². The zero-order valence-corrected chi connectivity index (χ0v) is 17.3. The number of halogens is 3. The molecule has 0 atom stereocenters. The first-order chi connectivity index (χ1) is 14.8. The van der Waals surface area contributed by atoms with Crippen LogP contribution in [0.15, 0.2) is 47.8 Å². The van der Waals surface area contributed by atoms with Crippen LogP contribution < -0.4 is 14.8 Å². The molecular weight excluding hydrogens is 429 g/mol. The van der Waals surface area contributed by atoms with Crippen LogP contribution >= 0.6 is 11.3 Å². The average Bonchev–Trinajstić information content (AvgIpc) is 3.43. The van der Waals surface area contributed by atoms with E-state index in [9.17, 15) is 18.0 Å². The third-order valence-corrected chi connectivity index (χ3v) is 5.63. The summed E-state index contributed by atoms with van der Waals surface area (Å²) >= 11 is 1.36. The van der Waals surface area contributed by atoms with Gasteiger partial charge < -0.3 is 14.8 Å². The number of hydrogen-bond acceptors (Lipinski definition) is 5. The van der Waals surface area contributed by atoms with E-state index in [1.165, 1.54) is 30.6 Å². The first-order valence-electron chi connectivity index (χ1n) is 9.57. The molecule has 0 bridgehead atoms. The lowest BCUT2D eigenvalue weighted by Crippen LogP contribution is -2.25. The van der Waals surface area contributed by atoms with Crippen LogP contribution in [0.2, 0.25) is 0 Å². The quantitative estimate of drug-likeness (QED) is 0.532. The van der Waals surface area contributed by atoms with Gasteiger partial charge in [-0.15, -0.1) is 11.3 Å². The van der Waals surface area contributed by atoms with E-state index in [1.807, 2.05) is 0 Å². The second-order valence-corrected chi connectivity index (χ2v) is 7.99. The first kappa shape index (κ1) is 21.2. The molecule has 1 heterocycles. The highest BCUT2D eigenvalue weighted by Gasteiger charge is 2.30. The summed E-state index contributed by atoms with van der Waals surface area (Å²) < 4.78 is 49.2. The molecule has 5 nitrogen and oxygen atoms in total. The molecule has 162 valence electrons. The van der Waals surface area contributed by atoms with Crippen LogP contribution in [0.5, 0.6) is 11.5 Å². The van der Waals surface area contributed by atoms with E-state index in [1.54, 1.807) is 23.6 Å². The standard InChI is InChI=1S/C22H19F3N2O3S/c1-29-19-10-14(21-27-17(12-31-21)20(28)26-16-7-8-16)4-9-18(19)30-11-13-2-5-15(6-3-13)22(23,24)25/h2-6,9-10,12,16H,7-8,11H2,1H3,(H,26,28). The highest BCUT2D eigenvalue weighted by Crippen LogP contribution is 2.35. The highest BCUT2D eigenvalue weighted by molar-refractivity contribution is 7.13. The fraction of sp³-hybridized carbons (Fsp3) is 0.273. The molecule has 0 radical (unpaired) electrons. The Kier molecular flexibility index (Phi) is 5.86. The minimum atomic E-state index is -4.37. The molecule has 1 amide bonds. The molecule has 0 unspecified atom stereocenters. The molecule has 4 rings (SSSR count). The lowest BCUT2D eigenvalue weighted by atomic mass is 10.1. The number of ether oxygens (including phenoxy) is 2. The molecule has 1 aliphatic carbocycles. The highest BCUT2D eigenvalue weighted by atomic mass is 32.1. The zero-order valence-electron chi connectivity index (χ0n) is 16.5. The van der Waals surface area contributed by atoms with E-state index in [4.69, 9.17) is 9.47 Å². The van der Waals surface area contributed by atoms with Crippen LogP contribution in [-0.2, 0) is 12.8 Å². The van der Waals surface area contributed by atoms with Crippen molar-refractivity contribution in [3.8, 4) is 22.1 Å². The summed E-state index contributed by atoms with van der Waals surface area (Å²) in [7, 11) is 1.50. The number of alkyl halides is 3. The normalized spacial score (nSPS) is 13.7. The van der Waals surface area contributed by atoms with Crippen LogP contribution in [0.3, 0.4) is 0 Å². The number of carbonyl (C=O) groups excluding carboxylic acids is 1. The van der Waals surface area contributed by atoms with Gasteiger partial charge in [-0.05, 0) is 48.7 Å². The van der Waals surface area contributed by atoms with Gasteiger partial charge in [-0.2, -0.15) is 13.2 Å². The Labute approximate surface area is 180 Å². The largest absolute Gasteiger partial charge is 0.493 e. The minimum absolute atomic E-state index is 0.0938. The van der Waals surface area contributed by atoms with Crippen LogP contribution in [0.25, 0.3) is 10.6 Å². The van der Waals surface area contributed by atoms with Gasteiger partial charge in [-0.25, -0.2) is 4.98 Å². The van der Waals surface area contributed by atoms with E-state index in [0.29, 0.717) is 27.8 Å². The molecule has 9 heteroatoms. The van der Waals surface area contributed by atoms with Gasteiger partial charge >= 0.3 is 6.18 Å². The molecule has 31 heavy (non-hydrogen) atoms. The van der Waals surface area contributed by atoms with E-state index < -0.39 is 11.7 Å². The Morgan fingerprint density at radius 2 is 1.90 bits per heavy atom. The number of amides is 1. The second kappa shape index (κ2) is 8.58. The number of thiazole rings is 1. The maximum absolute atomic E-state index is 12.7. The number of carbonyl (C=O) groups is 1. The average molecular weight is 448 g/mol.